The second kappa shape index (κ2) is 5.27. The third-order valence-corrected chi connectivity index (χ3v) is 3.81. The fraction of sp³-hybridized carbons (Fsp3) is 0.500. The molecule has 4 heteroatoms. The normalized spacial score (nSPS) is 15.9. The lowest BCUT2D eigenvalue weighted by molar-refractivity contribution is -0.124. The van der Waals surface area contributed by atoms with E-state index in [1.165, 1.54) is 0 Å². The topological polar surface area (TPSA) is 58.2 Å². The SMILES string of the molecule is CC(C)C(=O)NCCc1ccc2c(c1)C(C)(C)C(=O)N2. The lowest BCUT2D eigenvalue weighted by Crippen LogP contribution is -2.29. The summed E-state index contributed by atoms with van der Waals surface area (Å²) >= 11 is 0. The van der Waals surface area contributed by atoms with E-state index < -0.39 is 5.41 Å². The Morgan fingerprint density at radius 2 is 2.05 bits per heavy atom. The molecule has 108 valence electrons. The van der Waals surface area contributed by atoms with Crippen LogP contribution in [0.1, 0.15) is 38.8 Å². The van der Waals surface area contributed by atoms with Crippen molar-refractivity contribution in [1.82, 2.24) is 5.32 Å². The third kappa shape index (κ3) is 2.69. The van der Waals surface area contributed by atoms with E-state index in [-0.39, 0.29) is 17.7 Å². The van der Waals surface area contributed by atoms with Crippen LogP contribution in [0.2, 0.25) is 0 Å². The minimum absolute atomic E-state index is 0.00998. The standard InChI is InChI=1S/C16H22N2O2/c1-10(2)14(19)17-8-7-11-5-6-13-12(9-11)16(3,4)15(20)18-13/h5-6,9-10H,7-8H2,1-4H3,(H,17,19)(H,18,20). The van der Waals surface area contributed by atoms with Gasteiger partial charge in [-0.15, -0.1) is 0 Å². The van der Waals surface area contributed by atoms with E-state index in [4.69, 9.17) is 0 Å². The molecule has 0 saturated heterocycles. The molecule has 1 aromatic rings. The zero-order valence-corrected chi connectivity index (χ0v) is 12.5. The predicted octanol–water partition coefficient (Wildman–Crippen LogP) is 2.23. The van der Waals surface area contributed by atoms with Crippen molar-refractivity contribution in [3.63, 3.8) is 0 Å². The van der Waals surface area contributed by atoms with Crippen molar-refractivity contribution in [3.8, 4) is 0 Å². The second-order valence-electron chi connectivity index (χ2n) is 6.15. The van der Waals surface area contributed by atoms with Gasteiger partial charge in [0.1, 0.15) is 0 Å². The van der Waals surface area contributed by atoms with Crippen molar-refractivity contribution in [1.29, 1.82) is 0 Å². The summed E-state index contributed by atoms with van der Waals surface area (Å²) in [5.74, 6) is 0.122. The number of hydrogen-bond acceptors (Lipinski definition) is 2. The van der Waals surface area contributed by atoms with Crippen LogP contribution in [0, 0.1) is 5.92 Å². The highest BCUT2D eigenvalue weighted by atomic mass is 16.2. The van der Waals surface area contributed by atoms with Gasteiger partial charge in [0, 0.05) is 18.2 Å². The van der Waals surface area contributed by atoms with E-state index >= 15 is 0 Å². The van der Waals surface area contributed by atoms with Crippen molar-refractivity contribution in [2.24, 2.45) is 5.92 Å². The Balaban J connectivity index is 2.04. The fourth-order valence-corrected chi connectivity index (χ4v) is 2.31. The van der Waals surface area contributed by atoms with Crippen molar-refractivity contribution >= 4 is 17.5 Å². The second-order valence-corrected chi connectivity index (χ2v) is 6.15. The largest absolute Gasteiger partial charge is 0.356 e. The summed E-state index contributed by atoms with van der Waals surface area (Å²) in [6.45, 7) is 8.24. The Labute approximate surface area is 119 Å². The van der Waals surface area contributed by atoms with Crippen molar-refractivity contribution in [3.05, 3.63) is 29.3 Å². The average molecular weight is 274 g/mol. The van der Waals surface area contributed by atoms with Crippen LogP contribution in [0.15, 0.2) is 18.2 Å². The maximum atomic E-state index is 11.9. The maximum absolute atomic E-state index is 11.9. The highest BCUT2D eigenvalue weighted by Crippen LogP contribution is 2.37. The summed E-state index contributed by atoms with van der Waals surface area (Å²) in [5, 5.41) is 5.80. The lowest BCUT2D eigenvalue weighted by Gasteiger charge is -2.16. The Kier molecular flexibility index (Phi) is 3.84. The number of fused-ring (bicyclic) bond motifs is 1. The van der Waals surface area contributed by atoms with Crippen LogP contribution < -0.4 is 10.6 Å². The molecule has 2 rings (SSSR count). The van der Waals surface area contributed by atoms with Crippen molar-refractivity contribution < 1.29 is 9.59 Å². The first-order valence-corrected chi connectivity index (χ1v) is 7.05. The number of rotatable bonds is 4. The summed E-state index contributed by atoms with van der Waals surface area (Å²) in [4.78, 5) is 23.4. The molecular weight excluding hydrogens is 252 g/mol. The molecule has 1 aliphatic heterocycles. The van der Waals surface area contributed by atoms with E-state index in [0.717, 1.165) is 23.2 Å². The van der Waals surface area contributed by atoms with Gasteiger partial charge >= 0.3 is 0 Å². The van der Waals surface area contributed by atoms with E-state index in [1.54, 1.807) is 0 Å². The summed E-state index contributed by atoms with van der Waals surface area (Å²) < 4.78 is 0. The van der Waals surface area contributed by atoms with E-state index in [0.29, 0.717) is 6.54 Å². The van der Waals surface area contributed by atoms with Crippen LogP contribution in [-0.2, 0) is 21.4 Å². The van der Waals surface area contributed by atoms with Crippen LogP contribution in [-0.4, -0.2) is 18.4 Å². The highest BCUT2D eigenvalue weighted by molar-refractivity contribution is 6.05. The van der Waals surface area contributed by atoms with Gasteiger partial charge in [0.25, 0.3) is 0 Å². The average Bonchev–Trinajstić information content (AvgIpc) is 2.60. The Bertz CT molecular complexity index is 547. The molecule has 2 amide bonds. The summed E-state index contributed by atoms with van der Waals surface area (Å²) in [5.41, 5.74) is 2.59. The smallest absolute Gasteiger partial charge is 0.234 e. The molecule has 0 fully saturated rings. The molecule has 20 heavy (non-hydrogen) atoms. The zero-order chi connectivity index (χ0) is 14.9. The van der Waals surface area contributed by atoms with Gasteiger partial charge < -0.3 is 10.6 Å². The molecule has 2 N–H and O–H groups in total. The van der Waals surface area contributed by atoms with Crippen molar-refractivity contribution in [2.75, 3.05) is 11.9 Å². The van der Waals surface area contributed by atoms with Crippen LogP contribution in [0.5, 0.6) is 0 Å². The molecule has 0 unspecified atom stereocenters. The molecule has 0 aromatic heterocycles. The number of benzene rings is 1. The van der Waals surface area contributed by atoms with Gasteiger partial charge in [-0.05, 0) is 37.5 Å². The van der Waals surface area contributed by atoms with Gasteiger partial charge in [-0.1, -0.05) is 26.0 Å². The number of anilines is 1. The predicted molar refractivity (Wildman–Crippen MR) is 79.6 cm³/mol. The minimum atomic E-state index is -0.480. The van der Waals surface area contributed by atoms with Gasteiger partial charge in [-0.3, -0.25) is 9.59 Å². The van der Waals surface area contributed by atoms with Gasteiger partial charge in [0.15, 0.2) is 0 Å². The summed E-state index contributed by atoms with van der Waals surface area (Å²) in [6.07, 6.45) is 0.774. The molecule has 0 radical (unpaired) electrons. The van der Waals surface area contributed by atoms with E-state index in [9.17, 15) is 9.59 Å². The van der Waals surface area contributed by atoms with Gasteiger partial charge in [-0.25, -0.2) is 0 Å². The van der Waals surface area contributed by atoms with Crippen LogP contribution >= 0.6 is 0 Å². The van der Waals surface area contributed by atoms with Crippen LogP contribution in [0.25, 0.3) is 0 Å². The number of amides is 2. The summed E-state index contributed by atoms with van der Waals surface area (Å²) in [6, 6.07) is 6.01. The monoisotopic (exact) mass is 274 g/mol. The molecule has 4 nitrogen and oxygen atoms in total. The zero-order valence-electron chi connectivity index (χ0n) is 12.5. The first-order valence-electron chi connectivity index (χ1n) is 7.05. The molecule has 0 spiro atoms. The number of nitrogens with one attached hydrogen (secondary N) is 2. The van der Waals surface area contributed by atoms with Crippen molar-refractivity contribution in [2.45, 2.75) is 39.5 Å². The van der Waals surface area contributed by atoms with E-state index in [1.807, 2.05) is 39.8 Å². The molecule has 1 aliphatic rings. The van der Waals surface area contributed by atoms with Gasteiger partial charge in [0.05, 0.1) is 5.41 Å². The fourth-order valence-electron chi connectivity index (χ4n) is 2.31. The minimum Gasteiger partial charge on any atom is -0.356 e. The van der Waals surface area contributed by atoms with Crippen LogP contribution in [0.4, 0.5) is 5.69 Å². The first-order chi connectivity index (χ1) is 9.32. The highest BCUT2D eigenvalue weighted by Gasteiger charge is 2.38. The first kappa shape index (κ1) is 14.6. The molecule has 1 aromatic carbocycles. The third-order valence-electron chi connectivity index (χ3n) is 3.81. The number of carbonyl (C=O) groups excluding carboxylic acids is 2. The van der Waals surface area contributed by atoms with E-state index in [2.05, 4.69) is 16.7 Å². The molecule has 1 heterocycles. The Hall–Kier alpha value is -1.84. The molecule has 0 saturated carbocycles. The maximum Gasteiger partial charge on any atom is 0.234 e. The molecular formula is C16H22N2O2. The lowest BCUT2D eigenvalue weighted by atomic mass is 9.85. The molecule has 0 atom stereocenters. The molecule has 0 bridgehead atoms. The van der Waals surface area contributed by atoms with Crippen LogP contribution in [0.3, 0.4) is 0 Å². The number of hydrogen-bond donors (Lipinski definition) is 2. The Morgan fingerprint density at radius 1 is 1.35 bits per heavy atom. The van der Waals surface area contributed by atoms with Gasteiger partial charge in [0.2, 0.25) is 11.8 Å². The number of carbonyl (C=O) groups is 2. The van der Waals surface area contributed by atoms with Gasteiger partial charge in [-0.2, -0.15) is 0 Å². The quantitative estimate of drug-likeness (QED) is 0.884. The molecule has 0 aliphatic carbocycles. The Morgan fingerprint density at radius 3 is 2.70 bits per heavy atom. The summed E-state index contributed by atoms with van der Waals surface area (Å²) in [7, 11) is 0.